The molecule has 2 aromatic heterocycles. The predicted molar refractivity (Wildman–Crippen MR) is 102 cm³/mol. The van der Waals surface area contributed by atoms with Gasteiger partial charge in [-0.15, -0.1) is 11.3 Å². The molecule has 1 aromatic carbocycles. The number of nitrogens with one attached hydrogen (secondary N) is 2. The first kappa shape index (κ1) is 16.2. The molecule has 136 valence electrons. The number of amides is 1. The average molecular weight is 380 g/mol. The van der Waals surface area contributed by atoms with Gasteiger partial charge in [0.1, 0.15) is 5.56 Å². The quantitative estimate of drug-likeness (QED) is 0.720. The lowest BCUT2D eigenvalue weighted by atomic mass is 10.0. The number of thiazole rings is 1. The van der Waals surface area contributed by atoms with Crippen LogP contribution >= 0.6 is 11.3 Å². The first-order valence-electron chi connectivity index (χ1n) is 8.59. The molecular formula is C18H16N6O2S. The minimum absolute atomic E-state index is 0.0850. The predicted octanol–water partition coefficient (Wildman–Crippen LogP) is 2.32. The van der Waals surface area contributed by atoms with E-state index in [2.05, 4.69) is 37.7 Å². The molecule has 27 heavy (non-hydrogen) atoms. The average Bonchev–Trinajstić information content (AvgIpc) is 3.23. The van der Waals surface area contributed by atoms with E-state index >= 15 is 0 Å². The van der Waals surface area contributed by atoms with Crippen molar-refractivity contribution in [1.29, 1.82) is 0 Å². The lowest BCUT2D eigenvalue weighted by Gasteiger charge is -2.25. The Morgan fingerprint density at radius 2 is 2.22 bits per heavy atom. The van der Waals surface area contributed by atoms with Crippen molar-refractivity contribution in [1.82, 2.24) is 20.3 Å². The molecule has 2 N–H and O–H groups in total. The summed E-state index contributed by atoms with van der Waals surface area (Å²) in [4.78, 5) is 26.9. The topological polar surface area (TPSA) is 92.3 Å². The summed E-state index contributed by atoms with van der Waals surface area (Å²) >= 11 is 1.38. The number of carbonyl (C=O) groups excluding carboxylic acids is 1. The van der Waals surface area contributed by atoms with Crippen molar-refractivity contribution in [2.75, 3.05) is 23.5 Å². The van der Waals surface area contributed by atoms with Gasteiger partial charge in [-0.3, -0.25) is 4.79 Å². The third-order valence-corrected chi connectivity index (χ3v) is 5.35. The van der Waals surface area contributed by atoms with Crippen LogP contribution in [-0.2, 0) is 13.0 Å². The van der Waals surface area contributed by atoms with Crippen LogP contribution in [0.1, 0.15) is 21.5 Å². The normalized spacial score (nSPS) is 15.7. The Labute approximate surface area is 159 Å². The number of ether oxygens (including phenoxy) is 1. The number of aromatic nitrogens is 3. The highest BCUT2D eigenvalue weighted by Gasteiger charge is 2.30. The van der Waals surface area contributed by atoms with Crippen molar-refractivity contribution in [2.45, 2.75) is 13.0 Å². The van der Waals surface area contributed by atoms with Gasteiger partial charge in [-0.2, -0.15) is 4.98 Å². The second-order valence-electron chi connectivity index (χ2n) is 6.27. The molecule has 0 fully saturated rings. The van der Waals surface area contributed by atoms with E-state index in [0.717, 1.165) is 25.2 Å². The van der Waals surface area contributed by atoms with Gasteiger partial charge in [-0.05, 0) is 36.2 Å². The van der Waals surface area contributed by atoms with Crippen LogP contribution in [0.15, 0.2) is 36.0 Å². The van der Waals surface area contributed by atoms with Gasteiger partial charge in [0.25, 0.3) is 5.91 Å². The fourth-order valence-electron chi connectivity index (χ4n) is 3.19. The van der Waals surface area contributed by atoms with Crippen LogP contribution in [0, 0.1) is 0 Å². The monoisotopic (exact) mass is 380 g/mol. The van der Waals surface area contributed by atoms with E-state index in [1.165, 1.54) is 33.6 Å². The zero-order valence-corrected chi connectivity index (χ0v) is 15.1. The molecule has 5 rings (SSSR count). The van der Waals surface area contributed by atoms with Crippen molar-refractivity contribution < 1.29 is 9.53 Å². The van der Waals surface area contributed by atoms with Crippen LogP contribution in [0.25, 0.3) is 0 Å². The van der Waals surface area contributed by atoms with Crippen molar-refractivity contribution in [2.24, 2.45) is 0 Å². The summed E-state index contributed by atoms with van der Waals surface area (Å²) in [5.74, 6) is 0.477. The molecule has 0 bridgehead atoms. The van der Waals surface area contributed by atoms with E-state index in [9.17, 15) is 4.79 Å². The number of nitrogens with zero attached hydrogens (tertiary/aromatic N) is 4. The zero-order valence-electron chi connectivity index (χ0n) is 14.3. The highest BCUT2D eigenvalue weighted by atomic mass is 32.1. The maximum absolute atomic E-state index is 12.7. The molecule has 8 nitrogen and oxygen atoms in total. The molecule has 0 unspecified atom stereocenters. The Bertz CT molecular complexity index is 1010. The maximum Gasteiger partial charge on any atom is 0.269 e. The first-order valence-corrected chi connectivity index (χ1v) is 9.46. The fourth-order valence-corrected chi connectivity index (χ4v) is 3.82. The van der Waals surface area contributed by atoms with E-state index in [1.807, 2.05) is 11.4 Å². The van der Waals surface area contributed by atoms with Crippen molar-refractivity contribution in [3.8, 4) is 5.88 Å². The molecule has 2 aliphatic heterocycles. The Kier molecular flexibility index (Phi) is 3.95. The lowest BCUT2D eigenvalue weighted by Crippen LogP contribution is -2.39. The number of anilines is 3. The minimum atomic E-state index is -0.209. The molecule has 0 spiro atoms. The van der Waals surface area contributed by atoms with Gasteiger partial charge in [0.2, 0.25) is 11.8 Å². The zero-order chi connectivity index (χ0) is 18.2. The van der Waals surface area contributed by atoms with Crippen LogP contribution in [-0.4, -0.2) is 34.1 Å². The molecular weight excluding hydrogens is 364 g/mol. The second-order valence-corrected chi connectivity index (χ2v) is 7.14. The van der Waals surface area contributed by atoms with Crippen LogP contribution < -0.4 is 20.3 Å². The van der Waals surface area contributed by atoms with Crippen LogP contribution in [0.3, 0.4) is 0 Å². The van der Waals surface area contributed by atoms with Gasteiger partial charge in [-0.1, -0.05) is 6.07 Å². The molecule has 9 heteroatoms. The summed E-state index contributed by atoms with van der Waals surface area (Å²) in [5, 5.41) is 8.97. The molecule has 0 saturated carbocycles. The van der Waals surface area contributed by atoms with Crippen molar-refractivity contribution >= 4 is 34.0 Å². The number of fused-ring (bicyclic) bond motifs is 2. The van der Waals surface area contributed by atoms with Gasteiger partial charge in [0.15, 0.2) is 11.9 Å². The largest absolute Gasteiger partial charge is 0.455 e. The van der Waals surface area contributed by atoms with Crippen molar-refractivity contribution in [3.05, 3.63) is 52.7 Å². The van der Waals surface area contributed by atoms with E-state index in [4.69, 9.17) is 4.74 Å². The molecule has 0 saturated heterocycles. The smallest absolute Gasteiger partial charge is 0.269 e. The summed E-state index contributed by atoms with van der Waals surface area (Å²) in [5.41, 5.74) is 3.89. The summed E-state index contributed by atoms with van der Waals surface area (Å²) in [6.45, 7) is 1.97. The van der Waals surface area contributed by atoms with E-state index in [-0.39, 0.29) is 18.5 Å². The summed E-state index contributed by atoms with van der Waals surface area (Å²) in [7, 11) is 0. The summed E-state index contributed by atoms with van der Waals surface area (Å²) in [6, 6.07) is 6.23. The van der Waals surface area contributed by atoms with Gasteiger partial charge in [0.05, 0.1) is 0 Å². The fraction of sp³-hybridized carbons (Fsp3) is 0.222. The number of rotatable bonds is 3. The van der Waals surface area contributed by atoms with Gasteiger partial charge in [0, 0.05) is 30.0 Å². The van der Waals surface area contributed by atoms with E-state index in [1.54, 1.807) is 6.20 Å². The Morgan fingerprint density at radius 1 is 1.26 bits per heavy atom. The Balaban J connectivity index is 1.38. The van der Waals surface area contributed by atoms with Crippen LogP contribution in [0.4, 0.5) is 16.8 Å². The molecule has 3 aromatic rings. The van der Waals surface area contributed by atoms with Gasteiger partial charge in [-0.25, -0.2) is 14.9 Å². The van der Waals surface area contributed by atoms with Crippen molar-refractivity contribution in [3.63, 3.8) is 0 Å². The number of carbonyl (C=O) groups is 1. The maximum atomic E-state index is 12.7. The molecule has 0 radical (unpaired) electrons. The van der Waals surface area contributed by atoms with Crippen LogP contribution in [0.5, 0.6) is 5.88 Å². The minimum Gasteiger partial charge on any atom is -0.455 e. The Hall–Kier alpha value is -3.04. The van der Waals surface area contributed by atoms with E-state index < -0.39 is 0 Å². The molecule has 4 heterocycles. The Morgan fingerprint density at radius 3 is 3.11 bits per heavy atom. The molecule has 0 atom stereocenters. The van der Waals surface area contributed by atoms with Gasteiger partial charge >= 0.3 is 0 Å². The molecule has 1 amide bonds. The molecule has 0 aliphatic carbocycles. The summed E-state index contributed by atoms with van der Waals surface area (Å²) < 4.78 is 5.67. The standard InChI is InChI=1S/C18H16N6O2S/c25-16-14-9-21-17(22-13-2-1-12-8-19-4-3-11(12)7-13)23-15(14)26-10-24(16)18-20-5-6-27-18/h1-2,5-7,9,19H,3-4,8,10H2,(H,21,22,23). The number of benzene rings is 1. The highest BCUT2D eigenvalue weighted by Crippen LogP contribution is 2.29. The summed E-state index contributed by atoms with van der Waals surface area (Å²) in [6.07, 6.45) is 4.15. The first-order chi connectivity index (χ1) is 13.3. The third-order valence-electron chi connectivity index (χ3n) is 4.56. The number of hydrogen-bond donors (Lipinski definition) is 2. The number of hydrogen-bond acceptors (Lipinski definition) is 8. The highest BCUT2D eigenvalue weighted by molar-refractivity contribution is 7.13. The third kappa shape index (κ3) is 3.00. The van der Waals surface area contributed by atoms with E-state index in [0.29, 0.717) is 16.6 Å². The second kappa shape index (κ2) is 6.60. The lowest BCUT2D eigenvalue weighted by molar-refractivity contribution is 0.0932. The SMILES string of the molecule is O=C1c2cnc(Nc3ccc4c(c3)CCNC4)nc2OCN1c1nccs1. The van der Waals surface area contributed by atoms with Crippen LogP contribution in [0.2, 0.25) is 0 Å². The molecule has 2 aliphatic rings. The van der Waals surface area contributed by atoms with Gasteiger partial charge < -0.3 is 15.4 Å².